The van der Waals surface area contributed by atoms with Gasteiger partial charge in [-0.15, -0.1) is 0 Å². The monoisotopic (exact) mass is 533 g/mol. The summed E-state index contributed by atoms with van der Waals surface area (Å²) in [7, 11) is 0. The third-order valence-electron chi connectivity index (χ3n) is 8.51. The number of benzene rings is 2. The summed E-state index contributed by atoms with van der Waals surface area (Å²) in [5, 5.41) is 2.44. The molecule has 5 fully saturated rings. The highest BCUT2D eigenvalue weighted by molar-refractivity contribution is 6.39. The van der Waals surface area contributed by atoms with Crippen molar-refractivity contribution in [1.29, 1.82) is 0 Å². The van der Waals surface area contributed by atoms with Gasteiger partial charge in [0.15, 0.2) is 6.61 Å². The van der Waals surface area contributed by atoms with Crippen LogP contribution in [0.15, 0.2) is 48.0 Å². The molecule has 0 atom stereocenters. The van der Waals surface area contributed by atoms with Gasteiger partial charge in [-0.3, -0.25) is 19.7 Å². The van der Waals surface area contributed by atoms with E-state index in [0.29, 0.717) is 11.3 Å². The molecule has 1 heterocycles. The second-order valence-corrected chi connectivity index (χ2v) is 11.6. The highest BCUT2D eigenvalue weighted by Gasteiger charge is 2.51. The Labute approximate surface area is 225 Å². The van der Waals surface area contributed by atoms with Gasteiger partial charge in [-0.25, -0.2) is 9.69 Å². The van der Waals surface area contributed by atoms with Gasteiger partial charge < -0.3 is 10.5 Å². The number of nitrogens with one attached hydrogen (secondary N) is 1. The van der Waals surface area contributed by atoms with Crippen LogP contribution in [0.1, 0.15) is 49.7 Å². The summed E-state index contributed by atoms with van der Waals surface area (Å²) in [6.07, 6.45) is 9.10. The lowest BCUT2D eigenvalue weighted by atomic mass is 9.48. The zero-order valence-electron chi connectivity index (χ0n) is 20.7. The Hall–Kier alpha value is -3.65. The molecule has 5 amide bonds. The third-order valence-corrected chi connectivity index (χ3v) is 8.81. The minimum atomic E-state index is -0.786. The average Bonchev–Trinajstić information content (AvgIpc) is 2.85. The van der Waals surface area contributed by atoms with E-state index in [1.807, 2.05) is 12.1 Å². The molecule has 0 unspecified atom stereocenters. The molecule has 9 heteroatoms. The van der Waals surface area contributed by atoms with Gasteiger partial charge in [-0.1, -0.05) is 29.8 Å². The van der Waals surface area contributed by atoms with Gasteiger partial charge in [-0.05, 0) is 103 Å². The first kappa shape index (κ1) is 24.7. The van der Waals surface area contributed by atoms with Crippen molar-refractivity contribution in [3.8, 4) is 5.75 Å². The van der Waals surface area contributed by atoms with Crippen molar-refractivity contribution in [3.63, 3.8) is 0 Å². The number of nitrogens with zero attached hydrogens (tertiary/aromatic N) is 1. The fourth-order valence-corrected chi connectivity index (χ4v) is 7.60. The van der Waals surface area contributed by atoms with Crippen molar-refractivity contribution in [2.75, 3.05) is 11.5 Å². The molecule has 8 nitrogen and oxygen atoms in total. The number of carbonyl (C=O) groups is 4. The maximum atomic E-state index is 13.4. The number of hydrogen-bond acceptors (Lipinski definition) is 5. The summed E-state index contributed by atoms with van der Waals surface area (Å²) < 4.78 is 5.23. The Morgan fingerprint density at radius 2 is 1.66 bits per heavy atom. The van der Waals surface area contributed by atoms with Crippen LogP contribution in [0, 0.1) is 17.8 Å². The number of hydrogen-bond donors (Lipinski definition) is 2. The van der Waals surface area contributed by atoms with Crippen LogP contribution < -0.4 is 20.7 Å². The van der Waals surface area contributed by atoms with Crippen LogP contribution in [0.5, 0.6) is 5.75 Å². The number of anilines is 1. The maximum absolute atomic E-state index is 13.4. The van der Waals surface area contributed by atoms with Crippen molar-refractivity contribution < 1.29 is 23.9 Å². The SMILES string of the molecule is NC(=O)COc1ccc(C=C2C(=O)NC(=O)N(c3ccc(C45CC6CC(CC(C6)C4)C5)cc3)C2=O)cc1Cl. The smallest absolute Gasteiger partial charge is 0.335 e. The Kier molecular flexibility index (Phi) is 6.02. The van der Waals surface area contributed by atoms with Crippen molar-refractivity contribution >= 4 is 47.1 Å². The van der Waals surface area contributed by atoms with Crippen LogP contribution in [0.2, 0.25) is 5.02 Å². The van der Waals surface area contributed by atoms with E-state index in [-0.39, 0.29) is 28.4 Å². The predicted molar refractivity (Wildman–Crippen MR) is 141 cm³/mol. The van der Waals surface area contributed by atoms with Crippen LogP contribution in [-0.4, -0.2) is 30.4 Å². The van der Waals surface area contributed by atoms with E-state index in [4.69, 9.17) is 22.1 Å². The molecule has 3 N–H and O–H groups in total. The molecule has 0 spiro atoms. The minimum Gasteiger partial charge on any atom is -0.482 e. The number of primary amides is 1. The van der Waals surface area contributed by atoms with Crippen molar-refractivity contribution in [3.05, 3.63) is 64.2 Å². The number of ether oxygens (including phenoxy) is 1. The predicted octanol–water partition coefficient (Wildman–Crippen LogP) is 4.34. The molecule has 7 rings (SSSR count). The minimum absolute atomic E-state index is 0.178. The highest BCUT2D eigenvalue weighted by Crippen LogP contribution is 2.60. The average molecular weight is 534 g/mol. The summed E-state index contributed by atoms with van der Waals surface area (Å²) in [5.74, 6) is 0.526. The summed E-state index contributed by atoms with van der Waals surface area (Å²) >= 11 is 6.22. The normalized spacial score (nSPS) is 29.1. The molecule has 0 aromatic heterocycles. The molecular formula is C29H28ClN3O5. The largest absolute Gasteiger partial charge is 0.482 e. The lowest BCUT2D eigenvalue weighted by Crippen LogP contribution is -2.54. The quantitative estimate of drug-likeness (QED) is 0.423. The third kappa shape index (κ3) is 4.36. The van der Waals surface area contributed by atoms with Crippen molar-refractivity contribution in [2.45, 2.75) is 43.9 Å². The Balaban J connectivity index is 1.24. The molecule has 196 valence electrons. The number of amides is 5. The Morgan fingerprint density at radius 3 is 2.24 bits per heavy atom. The number of nitrogens with two attached hydrogens (primary N) is 1. The summed E-state index contributed by atoms with van der Waals surface area (Å²) in [4.78, 5) is 50.6. The molecule has 1 aliphatic heterocycles. The van der Waals surface area contributed by atoms with E-state index in [1.165, 1.54) is 62.3 Å². The van der Waals surface area contributed by atoms with Crippen LogP contribution in [0.4, 0.5) is 10.5 Å². The summed E-state index contributed by atoms with van der Waals surface area (Å²) in [6.45, 7) is -0.334. The number of rotatable bonds is 6. The molecule has 4 saturated carbocycles. The molecule has 5 aliphatic rings. The van der Waals surface area contributed by atoms with Crippen LogP contribution in [0.25, 0.3) is 6.08 Å². The first-order valence-corrected chi connectivity index (χ1v) is 13.3. The number of carbonyl (C=O) groups excluding carboxylic acids is 4. The zero-order chi connectivity index (χ0) is 26.6. The Morgan fingerprint density at radius 1 is 1.03 bits per heavy atom. The zero-order valence-corrected chi connectivity index (χ0v) is 21.5. The standard InChI is InChI=1S/C29H28ClN3O5/c30-23-11-16(1-6-24(23)38-15-25(31)34)10-22-26(35)32-28(37)33(27(22)36)21-4-2-20(3-5-21)29-12-17-7-18(13-29)9-19(8-17)14-29/h1-6,10-11,17-19H,7-9,12-15H2,(H2,31,34)(H,32,35,37). The van der Waals surface area contributed by atoms with Gasteiger partial charge >= 0.3 is 6.03 Å². The maximum Gasteiger partial charge on any atom is 0.335 e. The van der Waals surface area contributed by atoms with E-state index in [2.05, 4.69) is 5.32 Å². The summed E-state index contributed by atoms with van der Waals surface area (Å²) in [6, 6.07) is 11.5. The molecular weight excluding hydrogens is 506 g/mol. The van der Waals surface area contributed by atoms with Gasteiger partial charge in [0.2, 0.25) is 0 Å². The van der Waals surface area contributed by atoms with E-state index in [9.17, 15) is 19.2 Å². The highest BCUT2D eigenvalue weighted by atomic mass is 35.5. The number of barbiturate groups is 1. The molecule has 4 bridgehead atoms. The fraction of sp³-hybridized carbons (Fsp3) is 0.379. The van der Waals surface area contributed by atoms with Crippen molar-refractivity contribution in [1.82, 2.24) is 5.32 Å². The molecule has 0 radical (unpaired) electrons. The van der Waals surface area contributed by atoms with E-state index in [0.717, 1.165) is 22.7 Å². The van der Waals surface area contributed by atoms with Crippen LogP contribution in [0.3, 0.4) is 0 Å². The molecule has 2 aromatic rings. The van der Waals surface area contributed by atoms with E-state index >= 15 is 0 Å². The van der Waals surface area contributed by atoms with Crippen LogP contribution in [-0.2, 0) is 19.8 Å². The number of imide groups is 2. The van der Waals surface area contributed by atoms with E-state index in [1.54, 1.807) is 18.2 Å². The van der Waals surface area contributed by atoms with Gasteiger partial charge in [0.05, 0.1) is 10.7 Å². The van der Waals surface area contributed by atoms with Gasteiger partial charge in [0.1, 0.15) is 11.3 Å². The van der Waals surface area contributed by atoms with Crippen LogP contribution >= 0.6 is 11.6 Å². The first-order valence-electron chi connectivity index (χ1n) is 12.9. The fourth-order valence-electron chi connectivity index (χ4n) is 7.36. The van der Waals surface area contributed by atoms with E-state index < -0.39 is 23.8 Å². The van der Waals surface area contributed by atoms with Gasteiger partial charge in [0.25, 0.3) is 17.7 Å². The first-order chi connectivity index (χ1) is 18.2. The Bertz CT molecular complexity index is 1350. The second-order valence-electron chi connectivity index (χ2n) is 11.1. The number of urea groups is 1. The number of halogens is 1. The molecule has 1 saturated heterocycles. The molecule has 38 heavy (non-hydrogen) atoms. The van der Waals surface area contributed by atoms with Gasteiger partial charge in [-0.2, -0.15) is 0 Å². The lowest BCUT2D eigenvalue weighted by Gasteiger charge is -2.57. The second kappa shape index (κ2) is 9.27. The molecule has 2 aromatic carbocycles. The lowest BCUT2D eigenvalue weighted by molar-refractivity contribution is -0.123. The van der Waals surface area contributed by atoms with Gasteiger partial charge in [0, 0.05) is 0 Å². The topological polar surface area (TPSA) is 119 Å². The summed E-state index contributed by atoms with van der Waals surface area (Å²) in [5.41, 5.74) is 7.24. The molecule has 4 aliphatic carbocycles. The van der Waals surface area contributed by atoms with Crippen molar-refractivity contribution in [2.24, 2.45) is 23.5 Å².